The number of carbonyl (C=O) groups is 1. The molecule has 4 aromatic rings. The maximum absolute atomic E-state index is 13.1. The number of fused-ring (bicyclic) bond motifs is 1. The van der Waals surface area contributed by atoms with Crippen LogP contribution in [0, 0.1) is 0 Å². The summed E-state index contributed by atoms with van der Waals surface area (Å²) in [7, 11) is 3.24. The molecule has 0 bridgehead atoms. The van der Waals surface area contributed by atoms with E-state index in [1.165, 1.54) is 22.5 Å². The number of hydrogen-bond acceptors (Lipinski definition) is 6. The molecule has 6 nitrogen and oxygen atoms in total. The van der Waals surface area contributed by atoms with Crippen LogP contribution in [-0.2, 0) is 11.4 Å². The van der Waals surface area contributed by atoms with Crippen LogP contribution in [0.5, 0.6) is 17.2 Å². The van der Waals surface area contributed by atoms with Crippen LogP contribution in [0.4, 0.5) is 5.69 Å². The minimum atomic E-state index is -0.0691. The first-order chi connectivity index (χ1) is 18.6. The van der Waals surface area contributed by atoms with Crippen LogP contribution in [-0.4, -0.2) is 36.7 Å². The molecule has 1 aliphatic heterocycles. The Balaban J connectivity index is 1.33. The maximum Gasteiger partial charge on any atom is 0.266 e. The van der Waals surface area contributed by atoms with Crippen LogP contribution in [0.3, 0.4) is 0 Å². The lowest BCUT2D eigenvalue weighted by molar-refractivity contribution is -0.122. The van der Waals surface area contributed by atoms with Crippen LogP contribution in [0.1, 0.15) is 18.1 Å². The zero-order valence-electron chi connectivity index (χ0n) is 21.5. The molecule has 1 heterocycles. The molecule has 0 saturated carbocycles. The number of thioether (sulfide) groups is 1. The van der Waals surface area contributed by atoms with E-state index in [2.05, 4.69) is 30.3 Å². The number of ether oxygens (including phenoxy) is 3. The van der Waals surface area contributed by atoms with Crippen molar-refractivity contribution in [2.24, 2.45) is 4.99 Å². The van der Waals surface area contributed by atoms with Gasteiger partial charge in [-0.15, -0.1) is 0 Å². The highest BCUT2D eigenvalue weighted by atomic mass is 32.2. The van der Waals surface area contributed by atoms with E-state index < -0.39 is 0 Å². The van der Waals surface area contributed by atoms with Crippen molar-refractivity contribution in [3.05, 3.63) is 101 Å². The smallest absolute Gasteiger partial charge is 0.266 e. The van der Waals surface area contributed by atoms with E-state index in [9.17, 15) is 4.79 Å². The number of methoxy groups -OCH3 is 2. The van der Waals surface area contributed by atoms with Gasteiger partial charge in [0.2, 0.25) is 0 Å². The third kappa shape index (κ3) is 5.53. The van der Waals surface area contributed by atoms with E-state index >= 15 is 0 Å². The van der Waals surface area contributed by atoms with Crippen molar-refractivity contribution in [2.75, 3.05) is 20.8 Å². The average molecular weight is 525 g/mol. The van der Waals surface area contributed by atoms with Crippen molar-refractivity contribution in [1.29, 1.82) is 0 Å². The molecule has 0 aliphatic carbocycles. The molecule has 0 N–H and O–H groups in total. The Morgan fingerprint density at radius 1 is 0.868 bits per heavy atom. The van der Waals surface area contributed by atoms with E-state index in [0.29, 0.717) is 34.7 Å². The quantitative estimate of drug-likeness (QED) is 0.231. The lowest BCUT2D eigenvalue weighted by Gasteiger charge is -2.12. The second-order valence-electron chi connectivity index (χ2n) is 8.63. The molecule has 1 amide bonds. The fourth-order valence-corrected chi connectivity index (χ4v) is 5.23. The van der Waals surface area contributed by atoms with Gasteiger partial charge in [0.1, 0.15) is 12.4 Å². The molecule has 1 fully saturated rings. The second kappa shape index (κ2) is 11.4. The number of carbonyl (C=O) groups excluding carboxylic acids is 1. The summed E-state index contributed by atoms with van der Waals surface area (Å²) in [6, 6.07) is 27.7. The zero-order valence-corrected chi connectivity index (χ0v) is 22.3. The molecule has 0 aromatic heterocycles. The molecule has 38 heavy (non-hydrogen) atoms. The SMILES string of the molecule is CCN1C(=O)/C(=C\c2ccc(OCc3ccc4ccccc4c3)c(OC)c2)SC1=Nc1ccc(OC)cc1. The van der Waals surface area contributed by atoms with Gasteiger partial charge >= 0.3 is 0 Å². The monoisotopic (exact) mass is 524 g/mol. The number of amidine groups is 1. The molecule has 1 saturated heterocycles. The van der Waals surface area contributed by atoms with Gasteiger partial charge in [0, 0.05) is 6.54 Å². The predicted molar refractivity (Wildman–Crippen MR) is 154 cm³/mol. The van der Waals surface area contributed by atoms with Gasteiger partial charge in [-0.2, -0.15) is 0 Å². The van der Waals surface area contributed by atoms with Gasteiger partial charge < -0.3 is 14.2 Å². The lowest BCUT2D eigenvalue weighted by Crippen LogP contribution is -2.28. The first-order valence-corrected chi connectivity index (χ1v) is 13.1. The third-order valence-electron chi connectivity index (χ3n) is 6.20. The Morgan fingerprint density at radius 3 is 2.39 bits per heavy atom. The molecule has 7 heteroatoms. The van der Waals surface area contributed by atoms with Crippen LogP contribution in [0.15, 0.2) is 94.8 Å². The molecule has 0 radical (unpaired) electrons. The first kappa shape index (κ1) is 25.4. The highest BCUT2D eigenvalue weighted by molar-refractivity contribution is 8.18. The normalized spacial score (nSPS) is 15.4. The van der Waals surface area contributed by atoms with Crippen molar-refractivity contribution in [2.45, 2.75) is 13.5 Å². The minimum Gasteiger partial charge on any atom is -0.497 e. The Bertz CT molecular complexity index is 1530. The summed E-state index contributed by atoms with van der Waals surface area (Å²) in [4.78, 5) is 20.1. The fourth-order valence-electron chi connectivity index (χ4n) is 4.17. The number of rotatable bonds is 8. The van der Waals surface area contributed by atoms with Gasteiger partial charge in [0.15, 0.2) is 16.7 Å². The van der Waals surface area contributed by atoms with E-state index in [1.54, 1.807) is 19.1 Å². The average Bonchev–Trinajstić information content (AvgIpc) is 3.25. The molecule has 0 unspecified atom stereocenters. The lowest BCUT2D eigenvalue weighted by atomic mass is 10.1. The van der Waals surface area contributed by atoms with Gasteiger partial charge in [-0.3, -0.25) is 9.69 Å². The van der Waals surface area contributed by atoms with Crippen LogP contribution < -0.4 is 14.2 Å². The number of amides is 1. The van der Waals surface area contributed by atoms with Gasteiger partial charge in [-0.25, -0.2) is 4.99 Å². The number of benzene rings is 4. The van der Waals surface area contributed by atoms with Gasteiger partial charge in [0.05, 0.1) is 24.8 Å². The Labute approximate surface area is 226 Å². The largest absolute Gasteiger partial charge is 0.497 e. The summed E-state index contributed by atoms with van der Waals surface area (Å²) in [5.74, 6) is 1.94. The Morgan fingerprint density at radius 2 is 1.66 bits per heavy atom. The molecule has 4 aromatic carbocycles. The summed E-state index contributed by atoms with van der Waals surface area (Å²) in [6.45, 7) is 2.89. The van der Waals surface area contributed by atoms with Crippen molar-refractivity contribution >= 4 is 45.4 Å². The molecular formula is C31H28N2O4S. The number of aliphatic imine (C=N–C) groups is 1. The predicted octanol–water partition coefficient (Wildman–Crippen LogP) is 7.06. The van der Waals surface area contributed by atoms with Crippen molar-refractivity contribution < 1.29 is 19.0 Å². The van der Waals surface area contributed by atoms with Gasteiger partial charge in [-0.05, 0) is 89.1 Å². The standard InChI is InChI=1S/C31H28N2O4S/c1-4-33-30(34)29(38-31(33)32-25-12-14-26(35-2)15-13-25)19-21-10-16-27(28(18-21)36-3)37-20-22-9-11-23-7-5-6-8-24(23)17-22/h5-19H,4,20H2,1-3H3/b29-19+,32-31?. The van der Waals surface area contributed by atoms with Crippen LogP contribution >= 0.6 is 11.8 Å². The summed E-state index contributed by atoms with van der Waals surface area (Å²) in [6.07, 6.45) is 1.86. The number of hydrogen-bond donors (Lipinski definition) is 0. The number of nitrogens with zero attached hydrogens (tertiary/aromatic N) is 2. The van der Waals surface area contributed by atoms with E-state index in [0.717, 1.165) is 22.6 Å². The first-order valence-electron chi connectivity index (χ1n) is 12.3. The molecule has 0 atom stereocenters. The minimum absolute atomic E-state index is 0.0691. The van der Waals surface area contributed by atoms with Gasteiger partial charge in [-0.1, -0.05) is 42.5 Å². The molecule has 1 aliphatic rings. The molecule has 192 valence electrons. The Kier molecular flexibility index (Phi) is 7.65. The highest BCUT2D eigenvalue weighted by Gasteiger charge is 2.32. The summed E-state index contributed by atoms with van der Waals surface area (Å²) >= 11 is 1.36. The Hall–Kier alpha value is -4.23. The molecular weight excluding hydrogens is 496 g/mol. The van der Waals surface area contributed by atoms with Gasteiger partial charge in [0.25, 0.3) is 5.91 Å². The second-order valence-corrected chi connectivity index (χ2v) is 9.64. The van der Waals surface area contributed by atoms with Crippen LogP contribution in [0.2, 0.25) is 0 Å². The van der Waals surface area contributed by atoms with E-state index in [1.807, 2.05) is 67.6 Å². The van der Waals surface area contributed by atoms with Crippen molar-refractivity contribution in [3.63, 3.8) is 0 Å². The summed E-state index contributed by atoms with van der Waals surface area (Å²) in [5, 5.41) is 3.03. The maximum atomic E-state index is 13.1. The fraction of sp³-hybridized carbons (Fsp3) is 0.161. The van der Waals surface area contributed by atoms with Crippen LogP contribution in [0.25, 0.3) is 16.8 Å². The van der Waals surface area contributed by atoms with E-state index in [-0.39, 0.29) is 5.91 Å². The van der Waals surface area contributed by atoms with Crippen molar-refractivity contribution in [1.82, 2.24) is 4.90 Å². The van der Waals surface area contributed by atoms with Crippen molar-refractivity contribution in [3.8, 4) is 17.2 Å². The van der Waals surface area contributed by atoms with E-state index in [4.69, 9.17) is 19.2 Å². The molecule has 0 spiro atoms. The summed E-state index contributed by atoms with van der Waals surface area (Å²) in [5.41, 5.74) is 2.68. The summed E-state index contributed by atoms with van der Waals surface area (Å²) < 4.78 is 16.9. The zero-order chi connectivity index (χ0) is 26.5. The topological polar surface area (TPSA) is 60.4 Å². The number of likely N-dealkylation sites (N-methyl/N-ethyl adjacent to an activating group) is 1. The third-order valence-corrected chi connectivity index (χ3v) is 7.20. The molecule has 5 rings (SSSR count). The highest BCUT2D eigenvalue weighted by Crippen LogP contribution is 2.36.